The van der Waals surface area contributed by atoms with Gasteiger partial charge in [-0.05, 0) is 23.8 Å². The van der Waals surface area contributed by atoms with Gasteiger partial charge in [0, 0.05) is 42.7 Å². The average molecular weight is 343 g/mol. The molecule has 5 nitrogen and oxygen atoms in total. The lowest BCUT2D eigenvalue weighted by molar-refractivity contribution is -0.0114. The molecule has 120 valence electrons. The first-order chi connectivity index (χ1) is 10.5. The van der Waals surface area contributed by atoms with Gasteiger partial charge in [-0.2, -0.15) is 4.31 Å². The third kappa shape index (κ3) is 3.70. The number of halogens is 1. The second-order valence-corrected chi connectivity index (χ2v) is 7.77. The molecule has 2 fully saturated rings. The van der Waals surface area contributed by atoms with Gasteiger partial charge in [-0.1, -0.05) is 23.7 Å². The lowest BCUT2D eigenvalue weighted by Crippen LogP contribution is -2.62. The SMILES string of the molecule is O=S(=O)(C=Cc1ccc(Cl)cc1)N1CC(N2CCOCC2)C1. The fourth-order valence-electron chi connectivity index (χ4n) is 2.62. The summed E-state index contributed by atoms with van der Waals surface area (Å²) < 4.78 is 31.3. The van der Waals surface area contributed by atoms with Crippen molar-refractivity contribution >= 4 is 27.7 Å². The maximum absolute atomic E-state index is 12.3. The van der Waals surface area contributed by atoms with Crippen LogP contribution in [0.25, 0.3) is 6.08 Å². The molecule has 1 aromatic rings. The van der Waals surface area contributed by atoms with E-state index < -0.39 is 10.0 Å². The predicted molar refractivity (Wildman–Crippen MR) is 87.2 cm³/mol. The second kappa shape index (κ2) is 6.68. The molecule has 2 aliphatic heterocycles. The molecule has 0 radical (unpaired) electrons. The van der Waals surface area contributed by atoms with Crippen LogP contribution < -0.4 is 0 Å². The van der Waals surface area contributed by atoms with Crippen LogP contribution in [0.3, 0.4) is 0 Å². The molecule has 2 saturated heterocycles. The maximum atomic E-state index is 12.3. The van der Waals surface area contributed by atoms with Crippen LogP contribution in [0, 0.1) is 0 Å². The van der Waals surface area contributed by atoms with E-state index in [1.807, 2.05) is 0 Å². The summed E-state index contributed by atoms with van der Waals surface area (Å²) in [6.45, 7) is 4.37. The molecule has 0 spiro atoms. The van der Waals surface area contributed by atoms with Gasteiger partial charge >= 0.3 is 0 Å². The monoisotopic (exact) mass is 342 g/mol. The Morgan fingerprint density at radius 3 is 2.41 bits per heavy atom. The van der Waals surface area contributed by atoms with E-state index in [1.54, 1.807) is 30.3 Å². The van der Waals surface area contributed by atoms with Gasteiger partial charge in [0.05, 0.1) is 13.2 Å². The van der Waals surface area contributed by atoms with Gasteiger partial charge in [0.15, 0.2) is 0 Å². The first-order valence-corrected chi connectivity index (χ1v) is 9.18. The molecular formula is C15H19ClN2O3S. The zero-order chi connectivity index (χ0) is 15.6. The van der Waals surface area contributed by atoms with Gasteiger partial charge < -0.3 is 4.74 Å². The minimum Gasteiger partial charge on any atom is -0.379 e. The number of sulfonamides is 1. The van der Waals surface area contributed by atoms with E-state index in [1.165, 1.54) is 9.71 Å². The van der Waals surface area contributed by atoms with E-state index in [0.29, 0.717) is 24.2 Å². The molecule has 0 aliphatic carbocycles. The lowest BCUT2D eigenvalue weighted by atomic mass is 10.1. The standard InChI is InChI=1S/C15H19ClN2O3S/c16-14-3-1-13(2-4-14)5-10-22(19,20)18-11-15(12-18)17-6-8-21-9-7-17/h1-5,10,15H,6-9,11-12H2. The van der Waals surface area contributed by atoms with Crippen LogP contribution in [-0.2, 0) is 14.8 Å². The molecule has 0 aromatic heterocycles. The van der Waals surface area contributed by atoms with E-state index in [9.17, 15) is 8.42 Å². The van der Waals surface area contributed by atoms with Gasteiger partial charge in [-0.15, -0.1) is 0 Å². The van der Waals surface area contributed by atoms with Crippen molar-refractivity contribution in [1.29, 1.82) is 0 Å². The van der Waals surface area contributed by atoms with Crippen LogP contribution in [0.1, 0.15) is 5.56 Å². The summed E-state index contributed by atoms with van der Waals surface area (Å²) in [7, 11) is -3.34. The van der Waals surface area contributed by atoms with Crippen molar-refractivity contribution in [1.82, 2.24) is 9.21 Å². The average Bonchev–Trinajstić information content (AvgIpc) is 2.46. The number of rotatable bonds is 4. The first-order valence-electron chi connectivity index (χ1n) is 7.30. The highest BCUT2D eigenvalue weighted by Gasteiger charge is 2.38. The third-order valence-corrected chi connectivity index (χ3v) is 5.80. The highest BCUT2D eigenvalue weighted by Crippen LogP contribution is 2.21. The molecule has 22 heavy (non-hydrogen) atoms. The van der Waals surface area contributed by atoms with Crippen LogP contribution in [0.5, 0.6) is 0 Å². The smallest absolute Gasteiger partial charge is 0.236 e. The number of benzene rings is 1. The number of hydrogen-bond acceptors (Lipinski definition) is 4. The second-order valence-electron chi connectivity index (χ2n) is 5.52. The van der Waals surface area contributed by atoms with Crippen LogP contribution >= 0.6 is 11.6 Å². The van der Waals surface area contributed by atoms with Crippen LogP contribution in [-0.4, -0.2) is 63.1 Å². The summed E-state index contributed by atoms with van der Waals surface area (Å²) in [5.41, 5.74) is 0.818. The van der Waals surface area contributed by atoms with E-state index in [0.717, 1.165) is 31.9 Å². The van der Waals surface area contributed by atoms with Gasteiger partial charge in [0.25, 0.3) is 0 Å². The zero-order valence-electron chi connectivity index (χ0n) is 12.2. The molecule has 0 amide bonds. The summed E-state index contributed by atoms with van der Waals surface area (Å²) in [6, 6.07) is 7.39. The molecule has 1 aromatic carbocycles. The van der Waals surface area contributed by atoms with E-state index in [4.69, 9.17) is 16.3 Å². The molecule has 0 bridgehead atoms. The Bertz CT molecular complexity index is 633. The van der Waals surface area contributed by atoms with Crippen molar-refractivity contribution in [3.63, 3.8) is 0 Å². The minimum absolute atomic E-state index is 0.322. The van der Waals surface area contributed by atoms with Crippen molar-refractivity contribution in [3.05, 3.63) is 40.3 Å². The Kier molecular flexibility index (Phi) is 4.84. The highest BCUT2D eigenvalue weighted by molar-refractivity contribution is 7.92. The summed E-state index contributed by atoms with van der Waals surface area (Å²) >= 11 is 5.81. The van der Waals surface area contributed by atoms with Gasteiger partial charge in [-0.25, -0.2) is 8.42 Å². The van der Waals surface area contributed by atoms with Crippen LogP contribution in [0.4, 0.5) is 0 Å². The molecule has 0 saturated carbocycles. The van der Waals surface area contributed by atoms with Crippen molar-refractivity contribution in [2.75, 3.05) is 39.4 Å². The molecule has 2 heterocycles. The fraction of sp³-hybridized carbons (Fsp3) is 0.467. The molecule has 0 unspecified atom stereocenters. The van der Waals surface area contributed by atoms with Crippen molar-refractivity contribution in [2.45, 2.75) is 6.04 Å². The zero-order valence-corrected chi connectivity index (χ0v) is 13.8. The number of nitrogens with zero attached hydrogens (tertiary/aromatic N) is 2. The number of hydrogen-bond donors (Lipinski definition) is 0. The molecular weight excluding hydrogens is 324 g/mol. The predicted octanol–water partition coefficient (Wildman–Crippen LogP) is 1.66. The largest absolute Gasteiger partial charge is 0.379 e. The Morgan fingerprint density at radius 1 is 1.14 bits per heavy atom. The Hall–Kier alpha value is -0.920. The summed E-state index contributed by atoms with van der Waals surface area (Å²) in [6.07, 6.45) is 1.60. The van der Waals surface area contributed by atoms with Gasteiger partial charge in [-0.3, -0.25) is 4.90 Å². The molecule has 0 atom stereocenters. The van der Waals surface area contributed by atoms with E-state index in [-0.39, 0.29) is 0 Å². The first kappa shape index (κ1) is 16.0. The Balaban J connectivity index is 1.56. The molecule has 7 heteroatoms. The Morgan fingerprint density at radius 2 is 1.77 bits per heavy atom. The maximum Gasteiger partial charge on any atom is 0.236 e. The number of morpholine rings is 1. The Labute approximate surface area is 136 Å². The van der Waals surface area contributed by atoms with Crippen LogP contribution in [0.15, 0.2) is 29.7 Å². The highest BCUT2D eigenvalue weighted by atomic mass is 35.5. The quantitative estimate of drug-likeness (QED) is 0.835. The summed E-state index contributed by atoms with van der Waals surface area (Å²) in [5, 5.41) is 1.90. The summed E-state index contributed by atoms with van der Waals surface area (Å²) in [5.74, 6) is 0. The normalized spacial score (nSPS) is 22.0. The van der Waals surface area contributed by atoms with E-state index >= 15 is 0 Å². The van der Waals surface area contributed by atoms with Crippen LogP contribution in [0.2, 0.25) is 5.02 Å². The number of ether oxygens (including phenoxy) is 1. The summed E-state index contributed by atoms with van der Waals surface area (Å²) in [4.78, 5) is 2.30. The van der Waals surface area contributed by atoms with Crippen molar-refractivity contribution in [3.8, 4) is 0 Å². The molecule has 0 N–H and O–H groups in total. The van der Waals surface area contributed by atoms with Gasteiger partial charge in [0.1, 0.15) is 0 Å². The third-order valence-electron chi connectivity index (χ3n) is 4.05. The van der Waals surface area contributed by atoms with Gasteiger partial charge in [0.2, 0.25) is 10.0 Å². The topological polar surface area (TPSA) is 49.9 Å². The van der Waals surface area contributed by atoms with Crippen molar-refractivity contribution in [2.24, 2.45) is 0 Å². The van der Waals surface area contributed by atoms with E-state index in [2.05, 4.69) is 4.90 Å². The lowest BCUT2D eigenvalue weighted by Gasteiger charge is -2.45. The van der Waals surface area contributed by atoms with Crippen molar-refractivity contribution < 1.29 is 13.2 Å². The molecule has 3 rings (SSSR count). The fourth-order valence-corrected chi connectivity index (χ4v) is 4.01. The molecule has 2 aliphatic rings. The minimum atomic E-state index is -3.34.